The second-order valence-corrected chi connectivity index (χ2v) is 9.66. The summed E-state index contributed by atoms with van der Waals surface area (Å²) < 4.78 is 0. The van der Waals surface area contributed by atoms with E-state index in [1.165, 1.54) is 6.07 Å². The fourth-order valence-corrected chi connectivity index (χ4v) is 4.40. The van der Waals surface area contributed by atoms with Gasteiger partial charge in [-0.3, -0.25) is 4.79 Å². The van der Waals surface area contributed by atoms with Crippen LogP contribution in [-0.2, 0) is 0 Å². The third kappa shape index (κ3) is 7.29. The van der Waals surface area contributed by atoms with Crippen LogP contribution < -0.4 is 43.4 Å². The van der Waals surface area contributed by atoms with Gasteiger partial charge in [-0.25, -0.2) is 0 Å². The number of aryl methyl sites for hydroxylation is 1. The van der Waals surface area contributed by atoms with Gasteiger partial charge in [0.2, 0.25) is 17.8 Å². The number of piperidine rings is 1. The minimum atomic E-state index is -0.324. The smallest absolute Gasteiger partial charge is 0.255 e. The lowest BCUT2D eigenvalue weighted by Crippen LogP contribution is -2.53. The highest BCUT2D eigenvalue weighted by atomic mass is 16.3. The van der Waals surface area contributed by atoms with Gasteiger partial charge in [-0.15, -0.1) is 0 Å². The van der Waals surface area contributed by atoms with E-state index in [-0.39, 0.29) is 35.4 Å². The lowest BCUT2D eigenvalue weighted by atomic mass is 10.0. The largest absolute Gasteiger partial charge is 0.506 e. The number of hydrogen-bond donors (Lipinski definition) is 7. The van der Waals surface area contributed by atoms with Crippen molar-refractivity contribution in [1.82, 2.24) is 15.0 Å². The quantitative estimate of drug-likeness (QED) is 0.177. The van der Waals surface area contributed by atoms with E-state index in [0.717, 1.165) is 12.0 Å². The van der Waals surface area contributed by atoms with E-state index in [2.05, 4.69) is 25.6 Å². The highest BCUT2D eigenvalue weighted by Crippen LogP contribution is 2.29. The van der Waals surface area contributed by atoms with Crippen LogP contribution in [0.15, 0.2) is 42.5 Å². The van der Waals surface area contributed by atoms with Crippen molar-refractivity contribution in [2.24, 2.45) is 22.9 Å². The summed E-state index contributed by atoms with van der Waals surface area (Å²) in [4.78, 5) is 30.3. The van der Waals surface area contributed by atoms with E-state index in [1.807, 2.05) is 28.9 Å². The first-order valence-corrected chi connectivity index (χ1v) is 12.9. The first-order chi connectivity index (χ1) is 18.7. The van der Waals surface area contributed by atoms with Crippen molar-refractivity contribution >= 4 is 35.1 Å². The molecular weight excluding hydrogens is 498 g/mol. The Morgan fingerprint density at radius 2 is 1.69 bits per heavy atom. The molecule has 3 aromatic rings. The minimum absolute atomic E-state index is 0.103. The van der Waals surface area contributed by atoms with Gasteiger partial charge in [-0.05, 0) is 37.6 Å². The second-order valence-electron chi connectivity index (χ2n) is 9.66. The number of aromatic hydroxyl groups is 1. The number of carbonyl (C=O) groups is 1. The molecule has 1 aliphatic rings. The Kier molecular flexibility index (Phi) is 9.09. The topological polar surface area (TPSA) is 211 Å². The van der Waals surface area contributed by atoms with Crippen LogP contribution in [0.1, 0.15) is 22.3 Å². The number of carbonyl (C=O) groups excluding carboxylic acids is 1. The number of nitrogens with two attached hydrogens (primary N) is 4. The van der Waals surface area contributed by atoms with Crippen LogP contribution >= 0.6 is 0 Å². The molecule has 4 rings (SSSR count). The molecule has 1 amide bonds. The molecule has 0 saturated carbocycles. The Hall–Kier alpha value is -4.04. The Balaban J connectivity index is 1.58. The van der Waals surface area contributed by atoms with E-state index in [4.69, 9.17) is 22.9 Å². The van der Waals surface area contributed by atoms with Crippen LogP contribution in [0.2, 0.25) is 0 Å². The summed E-state index contributed by atoms with van der Waals surface area (Å²) in [6.45, 7) is 4.87. The molecular formula is C26H37N11O2. The average molecular weight is 536 g/mol. The molecule has 1 saturated heterocycles. The summed E-state index contributed by atoms with van der Waals surface area (Å²) in [7, 11) is 0. The van der Waals surface area contributed by atoms with Crippen LogP contribution in [0.5, 0.6) is 5.75 Å². The molecule has 2 atom stereocenters. The molecule has 0 bridgehead atoms. The monoisotopic (exact) mass is 535 g/mol. The third-order valence-electron chi connectivity index (χ3n) is 6.31. The standard InChI is InChI=1S/C26H37N11O2/c1-16-2-4-17(5-3-16)23(39)32-21-7-6-20(13-22(21)38)31-24-33-25(36(10-8-27)11-9-28)35-26(34-24)37-14-18(29)12-19(30)15-37/h2-7,13,18-19,38H,8-12,14-15,27-30H2,1H3,(H,32,39)(H,31,33,34,35)/t18-,19+. The average Bonchev–Trinajstić information content (AvgIpc) is 2.90. The maximum atomic E-state index is 12.6. The number of aromatic nitrogens is 3. The molecule has 13 heteroatoms. The van der Waals surface area contributed by atoms with E-state index in [1.54, 1.807) is 24.3 Å². The first-order valence-electron chi connectivity index (χ1n) is 12.9. The molecule has 1 aliphatic heterocycles. The Bertz CT molecular complexity index is 1260. The lowest BCUT2D eigenvalue weighted by Gasteiger charge is -2.35. The molecule has 0 radical (unpaired) electrons. The van der Waals surface area contributed by atoms with Gasteiger partial charge in [0.15, 0.2) is 0 Å². The number of phenolic OH excluding ortho intramolecular Hbond substituents is 1. The van der Waals surface area contributed by atoms with Crippen molar-refractivity contribution in [3.05, 3.63) is 53.6 Å². The molecule has 11 N–H and O–H groups in total. The summed E-state index contributed by atoms with van der Waals surface area (Å²) in [5, 5.41) is 16.5. The Morgan fingerprint density at radius 1 is 1.03 bits per heavy atom. The molecule has 0 aliphatic carbocycles. The van der Waals surface area contributed by atoms with Gasteiger partial charge in [-0.1, -0.05) is 17.7 Å². The Morgan fingerprint density at radius 3 is 2.31 bits per heavy atom. The number of rotatable bonds is 10. The van der Waals surface area contributed by atoms with Crippen molar-refractivity contribution in [2.75, 3.05) is 59.7 Å². The highest BCUT2D eigenvalue weighted by Gasteiger charge is 2.26. The van der Waals surface area contributed by atoms with Crippen LogP contribution in [0.3, 0.4) is 0 Å². The lowest BCUT2D eigenvalue weighted by molar-refractivity contribution is 0.102. The first kappa shape index (κ1) is 28.0. The zero-order valence-electron chi connectivity index (χ0n) is 22.0. The molecule has 0 unspecified atom stereocenters. The summed E-state index contributed by atoms with van der Waals surface area (Å²) in [5.74, 6) is 0.666. The number of amides is 1. The number of hydrogen-bond acceptors (Lipinski definition) is 12. The van der Waals surface area contributed by atoms with Crippen molar-refractivity contribution < 1.29 is 9.90 Å². The van der Waals surface area contributed by atoms with Gasteiger partial charge in [0.1, 0.15) is 5.75 Å². The van der Waals surface area contributed by atoms with E-state index >= 15 is 0 Å². The SMILES string of the molecule is Cc1ccc(C(=O)Nc2ccc(Nc3nc(N(CCN)CCN)nc(N4C[C@H](N)C[C@H](N)C4)n3)cc2O)cc1. The maximum absolute atomic E-state index is 12.6. The fraction of sp³-hybridized carbons (Fsp3) is 0.385. The summed E-state index contributed by atoms with van der Waals surface area (Å²) >= 11 is 0. The van der Waals surface area contributed by atoms with Crippen molar-refractivity contribution in [3.63, 3.8) is 0 Å². The van der Waals surface area contributed by atoms with E-state index in [9.17, 15) is 9.90 Å². The number of anilines is 5. The molecule has 208 valence electrons. The molecule has 1 fully saturated rings. The summed E-state index contributed by atoms with van der Waals surface area (Å²) in [6, 6.07) is 11.8. The predicted octanol–water partition coefficient (Wildman–Crippen LogP) is 0.470. The molecule has 2 aromatic carbocycles. The molecule has 13 nitrogen and oxygen atoms in total. The Labute approximate surface area is 227 Å². The number of nitrogens with one attached hydrogen (secondary N) is 2. The third-order valence-corrected chi connectivity index (χ3v) is 6.31. The van der Waals surface area contributed by atoms with Gasteiger partial charge >= 0.3 is 0 Å². The van der Waals surface area contributed by atoms with Gasteiger partial charge in [0, 0.05) is 68.7 Å². The van der Waals surface area contributed by atoms with Crippen LogP contribution in [0, 0.1) is 6.92 Å². The normalized spacial score (nSPS) is 17.1. The molecule has 0 spiro atoms. The summed E-state index contributed by atoms with van der Waals surface area (Å²) in [6.07, 6.45) is 0.720. The summed E-state index contributed by atoms with van der Waals surface area (Å²) in [5.41, 5.74) is 26.4. The predicted molar refractivity (Wildman–Crippen MR) is 153 cm³/mol. The van der Waals surface area contributed by atoms with Crippen molar-refractivity contribution in [3.8, 4) is 5.75 Å². The van der Waals surface area contributed by atoms with Crippen LogP contribution in [0.25, 0.3) is 0 Å². The highest BCUT2D eigenvalue weighted by molar-refractivity contribution is 6.05. The molecule has 1 aromatic heterocycles. The van der Waals surface area contributed by atoms with E-state index < -0.39 is 0 Å². The zero-order chi connectivity index (χ0) is 27.9. The van der Waals surface area contributed by atoms with Crippen molar-refractivity contribution in [1.29, 1.82) is 0 Å². The van der Waals surface area contributed by atoms with Gasteiger partial charge in [-0.2, -0.15) is 15.0 Å². The van der Waals surface area contributed by atoms with E-state index in [0.29, 0.717) is 62.4 Å². The number of phenols is 1. The van der Waals surface area contributed by atoms with Crippen LogP contribution in [0.4, 0.5) is 29.2 Å². The zero-order valence-corrected chi connectivity index (χ0v) is 22.0. The van der Waals surface area contributed by atoms with Gasteiger partial charge in [0.25, 0.3) is 5.91 Å². The molecule has 2 heterocycles. The van der Waals surface area contributed by atoms with Crippen LogP contribution in [-0.4, -0.2) is 77.3 Å². The van der Waals surface area contributed by atoms with Gasteiger partial charge in [0.05, 0.1) is 5.69 Å². The van der Waals surface area contributed by atoms with Crippen molar-refractivity contribution in [2.45, 2.75) is 25.4 Å². The number of nitrogens with zero attached hydrogens (tertiary/aromatic N) is 5. The fourth-order valence-electron chi connectivity index (χ4n) is 4.40. The minimum Gasteiger partial charge on any atom is -0.506 e. The molecule has 39 heavy (non-hydrogen) atoms. The number of benzene rings is 2. The van der Waals surface area contributed by atoms with Gasteiger partial charge < -0.3 is 48.5 Å². The second kappa shape index (κ2) is 12.7. The maximum Gasteiger partial charge on any atom is 0.255 e.